The van der Waals surface area contributed by atoms with Gasteiger partial charge >= 0.3 is 0 Å². The molecule has 2 fully saturated rings. The predicted octanol–water partition coefficient (Wildman–Crippen LogP) is 2.39. The van der Waals surface area contributed by atoms with E-state index in [2.05, 4.69) is 24.1 Å². The topological polar surface area (TPSA) is 15.3 Å². The van der Waals surface area contributed by atoms with Crippen LogP contribution >= 0.6 is 0 Å². The van der Waals surface area contributed by atoms with E-state index in [1.54, 1.807) is 0 Å². The number of hydrogen-bond donors (Lipinski definition) is 1. The summed E-state index contributed by atoms with van der Waals surface area (Å²) in [5, 5.41) is 3.67. The van der Waals surface area contributed by atoms with Crippen LogP contribution in [-0.2, 0) is 0 Å². The van der Waals surface area contributed by atoms with Crippen molar-refractivity contribution in [1.29, 1.82) is 0 Å². The molecule has 0 aromatic heterocycles. The van der Waals surface area contributed by atoms with Crippen molar-refractivity contribution >= 4 is 0 Å². The Morgan fingerprint density at radius 3 is 2.33 bits per heavy atom. The first-order valence-corrected chi connectivity index (χ1v) is 6.76. The number of likely N-dealkylation sites (tertiary alicyclic amines) is 1. The highest BCUT2D eigenvalue weighted by atomic mass is 15.2. The van der Waals surface area contributed by atoms with E-state index in [1.165, 1.54) is 51.6 Å². The summed E-state index contributed by atoms with van der Waals surface area (Å²) in [6, 6.07) is 2.37. The average Bonchev–Trinajstić information content (AvgIpc) is 2.25. The Morgan fingerprint density at radius 1 is 1.00 bits per heavy atom. The Hall–Kier alpha value is -0.0800. The van der Waals surface area contributed by atoms with Crippen LogP contribution in [-0.4, -0.2) is 36.1 Å². The standard InChI is InChI=1S/C13H26N2/c1-11-6-5-7-12(2)15(11)10-13-8-3-4-9-14-13/h11-14H,3-10H2,1-2H3/t11-,12+,13-/m1/s1. The van der Waals surface area contributed by atoms with Crippen molar-refractivity contribution in [3.05, 3.63) is 0 Å². The Morgan fingerprint density at radius 2 is 1.73 bits per heavy atom. The summed E-state index contributed by atoms with van der Waals surface area (Å²) < 4.78 is 0. The van der Waals surface area contributed by atoms with Crippen LogP contribution in [0.5, 0.6) is 0 Å². The van der Waals surface area contributed by atoms with Gasteiger partial charge in [0.05, 0.1) is 0 Å². The third kappa shape index (κ3) is 2.94. The summed E-state index contributed by atoms with van der Waals surface area (Å²) >= 11 is 0. The fraction of sp³-hybridized carbons (Fsp3) is 1.00. The lowest BCUT2D eigenvalue weighted by atomic mass is 9.95. The second-order valence-corrected chi connectivity index (χ2v) is 5.47. The molecule has 0 radical (unpaired) electrons. The summed E-state index contributed by atoms with van der Waals surface area (Å²) in [6.45, 7) is 7.32. The molecule has 15 heavy (non-hydrogen) atoms. The van der Waals surface area contributed by atoms with E-state index in [0.29, 0.717) is 0 Å². The molecule has 2 rings (SSSR count). The Balaban J connectivity index is 1.84. The van der Waals surface area contributed by atoms with Crippen molar-refractivity contribution < 1.29 is 0 Å². The smallest absolute Gasteiger partial charge is 0.0195 e. The lowest BCUT2D eigenvalue weighted by Crippen LogP contribution is -2.51. The molecule has 0 aromatic carbocycles. The third-order valence-corrected chi connectivity index (χ3v) is 4.22. The first-order valence-electron chi connectivity index (χ1n) is 6.76. The zero-order chi connectivity index (χ0) is 10.7. The molecule has 3 atom stereocenters. The van der Waals surface area contributed by atoms with Gasteiger partial charge in [-0.15, -0.1) is 0 Å². The number of nitrogens with one attached hydrogen (secondary N) is 1. The number of rotatable bonds is 2. The molecule has 2 aliphatic heterocycles. The molecule has 2 heteroatoms. The van der Waals surface area contributed by atoms with Crippen LogP contribution < -0.4 is 5.32 Å². The van der Waals surface area contributed by atoms with Gasteiger partial charge in [0.2, 0.25) is 0 Å². The maximum absolute atomic E-state index is 3.67. The van der Waals surface area contributed by atoms with E-state index in [-0.39, 0.29) is 0 Å². The average molecular weight is 210 g/mol. The Bertz CT molecular complexity index is 177. The molecule has 2 heterocycles. The van der Waals surface area contributed by atoms with E-state index >= 15 is 0 Å². The van der Waals surface area contributed by atoms with Gasteiger partial charge in [0.1, 0.15) is 0 Å². The van der Waals surface area contributed by atoms with Gasteiger partial charge < -0.3 is 5.32 Å². The van der Waals surface area contributed by atoms with E-state index < -0.39 is 0 Å². The second-order valence-electron chi connectivity index (χ2n) is 5.47. The SMILES string of the molecule is C[C@@H]1CCC[C@H](C)N1C[C@H]1CCCCN1. The Labute approximate surface area is 94.4 Å². The summed E-state index contributed by atoms with van der Waals surface area (Å²) in [6.07, 6.45) is 8.41. The molecule has 88 valence electrons. The first kappa shape index (κ1) is 11.4. The molecule has 2 aliphatic rings. The van der Waals surface area contributed by atoms with Crippen LogP contribution in [0.3, 0.4) is 0 Å². The highest BCUT2D eigenvalue weighted by molar-refractivity contribution is 4.84. The summed E-state index contributed by atoms with van der Waals surface area (Å²) in [4.78, 5) is 2.73. The Kier molecular flexibility index (Phi) is 4.04. The fourth-order valence-electron chi connectivity index (χ4n) is 3.17. The van der Waals surface area contributed by atoms with E-state index in [1.807, 2.05) is 0 Å². The van der Waals surface area contributed by atoms with Crippen LogP contribution in [0.2, 0.25) is 0 Å². The van der Waals surface area contributed by atoms with Crippen molar-refractivity contribution in [2.75, 3.05) is 13.1 Å². The van der Waals surface area contributed by atoms with E-state index in [4.69, 9.17) is 0 Å². The molecule has 0 saturated carbocycles. The van der Waals surface area contributed by atoms with Crippen molar-refractivity contribution in [1.82, 2.24) is 10.2 Å². The van der Waals surface area contributed by atoms with Gasteiger partial charge in [-0.1, -0.05) is 12.8 Å². The minimum atomic E-state index is 0.766. The van der Waals surface area contributed by atoms with E-state index in [9.17, 15) is 0 Å². The fourth-order valence-corrected chi connectivity index (χ4v) is 3.17. The summed E-state index contributed by atoms with van der Waals surface area (Å²) in [5.74, 6) is 0. The van der Waals surface area contributed by atoms with Gasteiger partial charge in [0.15, 0.2) is 0 Å². The molecule has 2 saturated heterocycles. The predicted molar refractivity (Wildman–Crippen MR) is 65.1 cm³/mol. The van der Waals surface area contributed by atoms with Gasteiger partial charge in [-0.05, 0) is 46.1 Å². The first-order chi connectivity index (χ1) is 7.27. The minimum Gasteiger partial charge on any atom is -0.313 e. The molecule has 0 unspecified atom stereocenters. The highest BCUT2D eigenvalue weighted by Gasteiger charge is 2.27. The van der Waals surface area contributed by atoms with Gasteiger partial charge in [-0.25, -0.2) is 0 Å². The normalized spacial score (nSPS) is 39.2. The maximum atomic E-state index is 3.67. The van der Waals surface area contributed by atoms with Crippen molar-refractivity contribution in [2.24, 2.45) is 0 Å². The van der Waals surface area contributed by atoms with Crippen molar-refractivity contribution in [3.8, 4) is 0 Å². The maximum Gasteiger partial charge on any atom is 0.0195 e. The highest BCUT2D eigenvalue weighted by Crippen LogP contribution is 2.23. The second kappa shape index (κ2) is 5.31. The lowest BCUT2D eigenvalue weighted by Gasteiger charge is -2.41. The molecule has 0 aliphatic carbocycles. The van der Waals surface area contributed by atoms with E-state index in [0.717, 1.165) is 18.1 Å². The van der Waals surface area contributed by atoms with Crippen LogP contribution in [0, 0.1) is 0 Å². The van der Waals surface area contributed by atoms with Crippen LogP contribution in [0.25, 0.3) is 0 Å². The molecule has 0 bridgehead atoms. The molecular formula is C13H26N2. The third-order valence-electron chi connectivity index (χ3n) is 4.22. The largest absolute Gasteiger partial charge is 0.313 e. The van der Waals surface area contributed by atoms with Gasteiger partial charge in [-0.2, -0.15) is 0 Å². The number of piperidine rings is 2. The number of hydrogen-bond acceptors (Lipinski definition) is 2. The summed E-state index contributed by atoms with van der Waals surface area (Å²) in [5.41, 5.74) is 0. The zero-order valence-corrected chi connectivity index (χ0v) is 10.3. The quantitative estimate of drug-likeness (QED) is 0.753. The molecule has 0 aromatic rings. The van der Waals surface area contributed by atoms with Gasteiger partial charge in [0.25, 0.3) is 0 Å². The molecule has 1 N–H and O–H groups in total. The van der Waals surface area contributed by atoms with Crippen LogP contribution in [0.1, 0.15) is 52.4 Å². The minimum absolute atomic E-state index is 0.766. The molecular weight excluding hydrogens is 184 g/mol. The van der Waals surface area contributed by atoms with Crippen LogP contribution in [0.15, 0.2) is 0 Å². The summed E-state index contributed by atoms with van der Waals surface area (Å²) in [7, 11) is 0. The zero-order valence-electron chi connectivity index (χ0n) is 10.3. The van der Waals surface area contributed by atoms with Crippen molar-refractivity contribution in [3.63, 3.8) is 0 Å². The molecule has 2 nitrogen and oxygen atoms in total. The van der Waals surface area contributed by atoms with Gasteiger partial charge in [0, 0.05) is 24.7 Å². The van der Waals surface area contributed by atoms with Crippen LogP contribution in [0.4, 0.5) is 0 Å². The molecule has 0 amide bonds. The lowest BCUT2D eigenvalue weighted by molar-refractivity contribution is 0.0864. The van der Waals surface area contributed by atoms with Crippen molar-refractivity contribution in [2.45, 2.75) is 70.5 Å². The number of nitrogens with zero attached hydrogens (tertiary/aromatic N) is 1. The monoisotopic (exact) mass is 210 g/mol. The van der Waals surface area contributed by atoms with Gasteiger partial charge in [-0.3, -0.25) is 4.90 Å². The molecule has 0 spiro atoms.